The van der Waals surface area contributed by atoms with Crippen molar-refractivity contribution in [2.45, 2.75) is 0 Å². The maximum absolute atomic E-state index is 8.33. The Balaban J connectivity index is -0.0000000184. The molecule has 0 bridgehead atoms. The quantitative estimate of drug-likeness (QED) is 0.369. The molecule has 0 aromatic carbocycles. The van der Waals surface area contributed by atoms with Gasteiger partial charge in [-0.05, 0) is 18.5 Å². The summed E-state index contributed by atoms with van der Waals surface area (Å²) in [5.41, 5.74) is 0. The van der Waals surface area contributed by atoms with E-state index in [0.29, 0.717) is 0 Å². The van der Waals surface area contributed by atoms with Crippen molar-refractivity contribution < 1.29 is 148 Å². The summed E-state index contributed by atoms with van der Waals surface area (Å²) in [6, 6.07) is 0. The molecule has 0 aliphatic rings. The van der Waals surface area contributed by atoms with Gasteiger partial charge in [-0.3, -0.25) is 0 Å². The van der Waals surface area contributed by atoms with Crippen molar-refractivity contribution in [3.05, 3.63) is 0 Å². The van der Waals surface area contributed by atoms with Crippen LogP contribution in [0.3, 0.4) is 0 Å². The van der Waals surface area contributed by atoms with Gasteiger partial charge in [0.2, 0.25) is 0 Å². The summed E-state index contributed by atoms with van der Waals surface area (Å²) in [6.45, 7) is 0. The van der Waals surface area contributed by atoms with E-state index < -0.39 is 18.5 Å². The van der Waals surface area contributed by atoms with Gasteiger partial charge in [-0.15, -0.1) is 0 Å². The minimum Gasteiger partial charge on any atom is -0.652 e. The summed E-state index contributed by atoms with van der Waals surface area (Å²) in [7, 11) is 0. The molecule has 12 heteroatoms. The van der Waals surface area contributed by atoms with Crippen LogP contribution in [0.5, 0.6) is 0 Å². The molecule has 0 aromatic rings. The van der Waals surface area contributed by atoms with Crippen LogP contribution in [0.2, 0.25) is 0 Å². The molecule has 15 heavy (non-hydrogen) atoms. The largest absolute Gasteiger partial charge is 4.00 e. The van der Waals surface area contributed by atoms with Crippen LogP contribution in [0.1, 0.15) is 0 Å². The molecule has 72 valence electrons. The van der Waals surface area contributed by atoms with Crippen molar-refractivity contribution in [2.24, 2.45) is 0 Å². The second-order valence-corrected chi connectivity index (χ2v) is 0.750. The average molecular weight is 377 g/mol. The number of carbonyl (C=O) groups excluding carboxylic acids is 3. The van der Waals surface area contributed by atoms with Crippen LogP contribution in [0.25, 0.3) is 0 Å². The second kappa shape index (κ2) is 29.7. The van der Waals surface area contributed by atoms with Crippen molar-refractivity contribution >= 4 is 42.4 Å². The van der Waals surface area contributed by atoms with Gasteiger partial charge in [0.25, 0.3) is 0 Å². The fraction of sp³-hybridized carbons (Fsp3) is 0. The van der Waals surface area contributed by atoms with Crippen molar-refractivity contribution in [1.29, 1.82) is 0 Å². The molecular weight excluding hydrogens is 377 g/mol. The van der Waals surface area contributed by atoms with Gasteiger partial charge in [-0.2, -0.15) is 0 Å². The third-order valence-electron chi connectivity index (χ3n) is 0. The molecule has 0 atom stereocenters. The number of carbonyl (C=O) groups is 3. The van der Waals surface area contributed by atoms with E-state index in [9.17, 15) is 0 Å². The van der Waals surface area contributed by atoms with Gasteiger partial charge in [-0.25, -0.2) is 0 Å². The molecule has 0 saturated carbocycles. The average Bonchev–Trinajstić information content (AvgIpc) is 1.54. The van der Waals surface area contributed by atoms with E-state index in [2.05, 4.69) is 0 Å². The molecule has 0 amide bonds. The summed E-state index contributed by atoms with van der Waals surface area (Å²) in [5, 5.41) is 50.0. The van der Waals surface area contributed by atoms with Gasteiger partial charge in [0.05, 0.1) is 0 Å². The Kier molecular flexibility index (Phi) is 71.2. The maximum atomic E-state index is 8.33. The first-order valence-electron chi connectivity index (χ1n) is 1.84. The molecule has 0 heterocycles. The van der Waals surface area contributed by atoms with Crippen LogP contribution in [0, 0.1) is 0 Å². The monoisotopic (exact) mass is 378 g/mol. The molecule has 9 nitrogen and oxygen atoms in total. The number of hydrogen-bond acceptors (Lipinski definition) is 9. The van der Waals surface area contributed by atoms with Crippen molar-refractivity contribution in [1.82, 2.24) is 0 Å². The predicted octanol–water partition coefficient (Wildman–Crippen LogP) is -13.7. The van der Waals surface area contributed by atoms with Crippen LogP contribution in [-0.2, 0) is 0 Å². The Labute approximate surface area is 186 Å². The summed E-state index contributed by atoms with van der Waals surface area (Å²) < 4.78 is 0. The first-order chi connectivity index (χ1) is 5.20. The van der Waals surface area contributed by atoms with E-state index in [1.54, 1.807) is 0 Å². The smallest absolute Gasteiger partial charge is 0.652 e. The van der Waals surface area contributed by atoms with E-state index in [0.717, 1.165) is 0 Å². The predicted molar refractivity (Wildman–Crippen MR) is 21.9 cm³/mol. The van der Waals surface area contributed by atoms with Crippen LogP contribution in [0.4, 0.5) is 14.4 Å². The Morgan fingerprint density at radius 3 is 0.533 bits per heavy atom. The number of rotatable bonds is 0. The summed E-state index contributed by atoms with van der Waals surface area (Å²) in [4.78, 5) is 25.0. The van der Waals surface area contributed by atoms with Gasteiger partial charge in [0.1, 0.15) is 0 Å². The zero-order chi connectivity index (χ0) is 10.7. The van der Waals surface area contributed by atoms with Gasteiger partial charge < -0.3 is 45.0 Å². The standard InChI is InChI=1S/3CH2O3.2K.Sn/c3*2-1(3)4;;;/h3*(H2,2,3,4);;;/q;;;2*+1;+4/p-6. The van der Waals surface area contributed by atoms with Crippen LogP contribution < -0.4 is 133 Å². The second-order valence-electron chi connectivity index (χ2n) is 0.750. The minimum atomic E-state index is -2.33. The van der Waals surface area contributed by atoms with Gasteiger partial charge in [0, 0.05) is 0 Å². The van der Waals surface area contributed by atoms with Gasteiger partial charge in [-0.1, -0.05) is 0 Å². The molecular formula is C3K2O9Sn. The number of carboxylic acid groups (broad SMARTS) is 6. The maximum Gasteiger partial charge on any atom is 4.00 e. The molecule has 0 fully saturated rings. The van der Waals surface area contributed by atoms with E-state index in [1.165, 1.54) is 0 Å². The topological polar surface area (TPSA) is 190 Å². The van der Waals surface area contributed by atoms with E-state index in [4.69, 9.17) is 45.0 Å². The Hall–Kier alpha value is 1.88. The molecule has 0 aliphatic carbocycles. The van der Waals surface area contributed by atoms with Gasteiger partial charge >= 0.3 is 127 Å². The van der Waals surface area contributed by atoms with Crippen molar-refractivity contribution in [2.75, 3.05) is 0 Å². The zero-order valence-electron chi connectivity index (χ0n) is 7.67. The number of hydrogen-bond donors (Lipinski definition) is 0. The molecule has 0 radical (unpaired) electrons. The molecule has 0 saturated heterocycles. The fourth-order valence-electron chi connectivity index (χ4n) is 0. The van der Waals surface area contributed by atoms with E-state index in [-0.39, 0.29) is 127 Å². The van der Waals surface area contributed by atoms with Crippen molar-refractivity contribution in [3.8, 4) is 0 Å². The summed E-state index contributed by atoms with van der Waals surface area (Å²) in [5.74, 6) is 0. The third-order valence-corrected chi connectivity index (χ3v) is 0. The molecule has 0 rings (SSSR count). The molecule has 0 spiro atoms. The first-order valence-corrected chi connectivity index (χ1v) is 1.84. The Morgan fingerprint density at radius 1 is 0.533 bits per heavy atom. The van der Waals surface area contributed by atoms with Crippen molar-refractivity contribution in [3.63, 3.8) is 0 Å². The zero-order valence-corrected chi connectivity index (χ0v) is 16.8. The Morgan fingerprint density at radius 2 is 0.533 bits per heavy atom. The molecule has 0 aromatic heterocycles. The first kappa shape index (κ1) is 36.0. The van der Waals surface area contributed by atoms with Gasteiger partial charge in [0.15, 0.2) is 0 Å². The van der Waals surface area contributed by atoms with Crippen LogP contribution in [-0.4, -0.2) is 42.4 Å². The summed E-state index contributed by atoms with van der Waals surface area (Å²) in [6.07, 6.45) is -7.00. The molecule has 0 unspecified atom stereocenters. The molecule has 0 aliphatic heterocycles. The summed E-state index contributed by atoms with van der Waals surface area (Å²) >= 11 is 0. The minimum absolute atomic E-state index is 0. The SMILES string of the molecule is O=C([O-])[O-].O=C([O-])[O-].O=C([O-])[O-].[K+].[K+].[Sn+4]. The normalized spacial score (nSPS) is 4.80. The van der Waals surface area contributed by atoms with E-state index in [1.807, 2.05) is 0 Å². The molecule has 0 N–H and O–H groups in total. The van der Waals surface area contributed by atoms with Crippen LogP contribution >= 0.6 is 0 Å². The van der Waals surface area contributed by atoms with Crippen LogP contribution in [0.15, 0.2) is 0 Å². The Bertz CT molecular complexity index is 121. The third kappa shape index (κ3) is 865. The fourth-order valence-corrected chi connectivity index (χ4v) is 0. The van der Waals surface area contributed by atoms with E-state index >= 15 is 0 Å².